The second-order valence-corrected chi connectivity index (χ2v) is 3.80. The quantitative estimate of drug-likeness (QED) is 0.700. The SMILES string of the molecule is CCCc1ccc(P(O)O)cc1. The van der Waals surface area contributed by atoms with Crippen LogP contribution in [-0.4, -0.2) is 9.79 Å². The van der Waals surface area contributed by atoms with Crippen LogP contribution in [0.25, 0.3) is 0 Å². The largest absolute Gasteiger partial charge is 0.347 e. The fraction of sp³-hybridized carbons (Fsp3) is 0.333. The van der Waals surface area contributed by atoms with Crippen molar-refractivity contribution in [3.8, 4) is 0 Å². The lowest BCUT2D eigenvalue weighted by Crippen LogP contribution is -1.99. The van der Waals surface area contributed by atoms with E-state index in [1.54, 1.807) is 12.1 Å². The molecule has 0 aliphatic heterocycles. The number of benzene rings is 1. The molecule has 1 aromatic carbocycles. The maximum atomic E-state index is 8.86. The first-order chi connectivity index (χ1) is 5.74. The van der Waals surface area contributed by atoms with Gasteiger partial charge in [0, 0.05) is 5.30 Å². The van der Waals surface area contributed by atoms with Crippen molar-refractivity contribution in [1.29, 1.82) is 0 Å². The van der Waals surface area contributed by atoms with Gasteiger partial charge in [-0.1, -0.05) is 25.5 Å². The van der Waals surface area contributed by atoms with Gasteiger partial charge < -0.3 is 9.79 Å². The predicted molar refractivity (Wildman–Crippen MR) is 51.4 cm³/mol. The van der Waals surface area contributed by atoms with Crippen molar-refractivity contribution in [3.05, 3.63) is 29.8 Å². The van der Waals surface area contributed by atoms with Crippen molar-refractivity contribution in [2.45, 2.75) is 19.8 Å². The molecule has 0 spiro atoms. The molecule has 0 amide bonds. The molecule has 0 aliphatic rings. The molecule has 0 bridgehead atoms. The van der Waals surface area contributed by atoms with Crippen LogP contribution < -0.4 is 5.30 Å². The maximum Gasteiger partial charge on any atom is 0.199 e. The van der Waals surface area contributed by atoms with E-state index in [1.807, 2.05) is 12.1 Å². The summed E-state index contributed by atoms with van der Waals surface area (Å²) in [6.07, 6.45) is 2.17. The van der Waals surface area contributed by atoms with Crippen LogP contribution in [0.1, 0.15) is 18.9 Å². The Morgan fingerprint density at radius 2 is 1.75 bits per heavy atom. The standard InChI is InChI=1S/C9H13O2P/c1-2-3-8-4-6-9(7-5-8)12(10)11/h4-7,10-11H,2-3H2,1H3. The minimum absolute atomic E-state index is 0.616. The Kier molecular flexibility index (Phi) is 3.67. The fourth-order valence-corrected chi connectivity index (χ4v) is 1.50. The molecule has 0 unspecified atom stereocenters. The van der Waals surface area contributed by atoms with Gasteiger partial charge >= 0.3 is 0 Å². The third-order valence-corrected chi connectivity index (χ3v) is 2.47. The van der Waals surface area contributed by atoms with Crippen molar-refractivity contribution >= 4 is 13.7 Å². The number of rotatable bonds is 3. The normalized spacial score (nSPS) is 10.7. The first-order valence-electron chi connectivity index (χ1n) is 4.01. The van der Waals surface area contributed by atoms with Gasteiger partial charge in [-0.05, 0) is 24.1 Å². The Morgan fingerprint density at radius 3 is 2.17 bits per heavy atom. The van der Waals surface area contributed by atoms with Crippen LogP contribution in [-0.2, 0) is 6.42 Å². The average Bonchev–Trinajstić information content (AvgIpc) is 2.06. The van der Waals surface area contributed by atoms with Crippen LogP contribution in [0.2, 0.25) is 0 Å². The van der Waals surface area contributed by atoms with Gasteiger partial charge in [-0.2, -0.15) is 0 Å². The molecule has 0 aromatic heterocycles. The highest BCUT2D eigenvalue weighted by Gasteiger charge is 2.01. The van der Waals surface area contributed by atoms with Gasteiger partial charge in [-0.15, -0.1) is 0 Å². The minimum Gasteiger partial charge on any atom is -0.347 e. The summed E-state index contributed by atoms with van der Waals surface area (Å²) < 4.78 is 0. The maximum absolute atomic E-state index is 8.86. The molecule has 3 heteroatoms. The van der Waals surface area contributed by atoms with Crippen LogP contribution in [0, 0.1) is 0 Å². The van der Waals surface area contributed by atoms with E-state index in [-0.39, 0.29) is 0 Å². The summed E-state index contributed by atoms with van der Waals surface area (Å²) in [7, 11) is -1.92. The lowest BCUT2D eigenvalue weighted by molar-refractivity contribution is 0.497. The van der Waals surface area contributed by atoms with Crippen LogP contribution in [0.5, 0.6) is 0 Å². The summed E-state index contributed by atoms with van der Waals surface area (Å²) in [5.41, 5.74) is 1.25. The molecule has 2 N–H and O–H groups in total. The topological polar surface area (TPSA) is 40.5 Å². The second-order valence-electron chi connectivity index (χ2n) is 2.71. The number of hydrogen-bond acceptors (Lipinski definition) is 2. The van der Waals surface area contributed by atoms with Crippen molar-refractivity contribution in [1.82, 2.24) is 0 Å². The summed E-state index contributed by atoms with van der Waals surface area (Å²) in [6.45, 7) is 2.12. The molecule has 1 rings (SSSR count). The first-order valence-corrected chi connectivity index (χ1v) is 5.25. The number of aryl methyl sites for hydroxylation is 1. The third-order valence-electron chi connectivity index (χ3n) is 1.71. The highest BCUT2D eigenvalue weighted by molar-refractivity contribution is 7.54. The zero-order valence-corrected chi connectivity index (χ0v) is 7.96. The highest BCUT2D eigenvalue weighted by atomic mass is 31.2. The van der Waals surface area contributed by atoms with E-state index in [0.717, 1.165) is 12.8 Å². The summed E-state index contributed by atoms with van der Waals surface area (Å²) in [4.78, 5) is 17.7. The van der Waals surface area contributed by atoms with Crippen LogP contribution in [0.4, 0.5) is 0 Å². The van der Waals surface area contributed by atoms with Crippen LogP contribution >= 0.6 is 8.38 Å². The van der Waals surface area contributed by atoms with Gasteiger partial charge in [0.25, 0.3) is 0 Å². The van der Waals surface area contributed by atoms with E-state index in [0.29, 0.717) is 5.30 Å². The summed E-state index contributed by atoms with van der Waals surface area (Å²) in [5.74, 6) is 0. The Morgan fingerprint density at radius 1 is 1.17 bits per heavy atom. The van der Waals surface area contributed by atoms with E-state index >= 15 is 0 Å². The van der Waals surface area contributed by atoms with Gasteiger partial charge in [0.05, 0.1) is 0 Å². The predicted octanol–water partition coefficient (Wildman–Crippen LogP) is 1.56. The molecule has 0 fully saturated rings. The Bertz CT molecular complexity index is 231. The molecule has 0 aliphatic carbocycles. The summed E-state index contributed by atoms with van der Waals surface area (Å²) in [6, 6.07) is 7.44. The average molecular weight is 184 g/mol. The smallest absolute Gasteiger partial charge is 0.199 e. The summed E-state index contributed by atoms with van der Waals surface area (Å²) >= 11 is 0. The molecule has 2 nitrogen and oxygen atoms in total. The van der Waals surface area contributed by atoms with Gasteiger partial charge in [0.15, 0.2) is 8.38 Å². The van der Waals surface area contributed by atoms with Crippen molar-refractivity contribution < 1.29 is 9.79 Å². The molecule has 12 heavy (non-hydrogen) atoms. The zero-order valence-electron chi connectivity index (χ0n) is 7.07. The Labute approximate surface area is 73.8 Å². The van der Waals surface area contributed by atoms with Gasteiger partial charge in [-0.25, -0.2) is 0 Å². The van der Waals surface area contributed by atoms with Gasteiger partial charge in [0.1, 0.15) is 0 Å². The van der Waals surface area contributed by atoms with Gasteiger partial charge in [0.2, 0.25) is 0 Å². The van der Waals surface area contributed by atoms with Gasteiger partial charge in [-0.3, -0.25) is 0 Å². The van der Waals surface area contributed by atoms with Crippen molar-refractivity contribution in [3.63, 3.8) is 0 Å². The van der Waals surface area contributed by atoms with Crippen LogP contribution in [0.3, 0.4) is 0 Å². The second kappa shape index (κ2) is 4.56. The molecule has 1 aromatic rings. The molecule has 0 radical (unpaired) electrons. The Hall–Kier alpha value is -0.430. The lowest BCUT2D eigenvalue weighted by Gasteiger charge is -2.03. The van der Waals surface area contributed by atoms with E-state index in [1.165, 1.54) is 5.56 Å². The van der Waals surface area contributed by atoms with E-state index in [2.05, 4.69) is 6.92 Å². The van der Waals surface area contributed by atoms with Crippen molar-refractivity contribution in [2.75, 3.05) is 0 Å². The molecule has 0 saturated carbocycles. The monoisotopic (exact) mass is 184 g/mol. The molecular weight excluding hydrogens is 171 g/mol. The molecule has 66 valence electrons. The molecular formula is C9H13O2P. The van der Waals surface area contributed by atoms with Crippen LogP contribution in [0.15, 0.2) is 24.3 Å². The zero-order chi connectivity index (χ0) is 8.97. The molecule has 0 heterocycles. The first kappa shape index (κ1) is 9.66. The fourth-order valence-electron chi connectivity index (χ4n) is 1.08. The minimum atomic E-state index is -1.92. The van der Waals surface area contributed by atoms with Crippen molar-refractivity contribution in [2.24, 2.45) is 0 Å². The molecule has 0 atom stereocenters. The van der Waals surface area contributed by atoms with E-state index < -0.39 is 8.38 Å². The van der Waals surface area contributed by atoms with E-state index in [9.17, 15) is 0 Å². The van der Waals surface area contributed by atoms with E-state index in [4.69, 9.17) is 9.79 Å². The highest BCUT2D eigenvalue weighted by Crippen LogP contribution is 2.21. The number of hydrogen-bond donors (Lipinski definition) is 2. The summed E-state index contributed by atoms with van der Waals surface area (Å²) in [5, 5.41) is 0.616. The lowest BCUT2D eigenvalue weighted by atomic mass is 10.1. The third kappa shape index (κ3) is 2.56. The Balaban J connectivity index is 2.71. The molecule has 0 saturated heterocycles.